The Balaban J connectivity index is 1.36. The van der Waals surface area contributed by atoms with Crippen molar-refractivity contribution in [3.8, 4) is 17.2 Å². The van der Waals surface area contributed by atoms with Crippen molar-refractivity contribution in [2.24, 2.45) is 0 Å². The summed E-state index contributed by atoms with van der Waals surface area (Å²) in [5.74, 6) is 1.77. The first-order valence-corrected chi connectivity index (χ1v) is 11.1. The molecule has 0 atom stereocenters. The second kappa shape index (κ2) is 9.75. The Morgan fingerprint density at radius 2 is 1.63 bits per heavy atom. The Morgan fingerprint density at radius 3 is 2.40 bits per heavy atom. The fraction of sp³-hybridized carbons (Fsp3) is 0.0909. The van der Waals surface area contributed by atoms with E-state index in [9.17, 15) is 0 Å². The molecule has 0 spiro atoms. The highest BCUT2D eigenvalue weighted by atomic mass is 35.5. The Labute approximate surface area is 193 Å². The van der Waals surface area contributed by atoms with Gasteiger partial charge in [0.1, 0.15) is 12.4 Å². The number of thioether (sulfide) groups is 1. The Hall–Kier alpha value is -2.18. The van der Waals surface area contributed by atoms with E-state index in [0.29, 0.717) is 38.5 Å². The number of hydrogen-bond donors (Lipinski definition) is 0. The first-order chi connectivity index (χ1) is 14.6. The van der Waals surface area contributed by atoms with E-state index in [4.69, 9.17) is 44.0 Å². The molecule has 1 aromatic heterocycles. The summed E-state index contributed by atoms with van der Waals surface area (Å²) in [6, 6.07) is 20.5. The van der Waals surface area contributed by atoms with E-state index in [-0.39, 0.29) is 0 Å². The van der Waals surface area contributed by atoms with Crippen LogP contribution in [0, 0.1) is 0 Å². The molecule has 0 aliphatic carbocycles. The van der Waals surface area contributed by atoms with Crippen LogP contribution in [-0.2, 0) is 12.4 Å². The maximum absolute atomic E-state index is 6.20. The van der Waals surface area contributed by atoms with Gasteiger partial charge in [0.05, 0.1) is 0 Å². The maximum atomic E-state index is 6.20. The predicted octanol–water partition coefficient (Wildman–Crippen LogP) is 7.57. The molecule has 0 aliphatic rings. The van der Waals surface area contributed by atoms with Crippen LogP contribution < -0.4 is 4.74 Å². The molecule has 30 heavy (non-hydrogen) atoms. The van der Waals surface area contributed by atoms with E-state index < -0.39 is 0 Å². The van der Waals surface area contributed by atoms with E-state index in [0.717, 1.165) is 22.4 Å². The van der Waals surface area contributed by atoms with Crippen molar-refractivity contribution >= 4 is 46.6 Å². The number of ether oxygens (including phenoxy) is 1. The normalized spacial score (nSPS) is 10.9. The molecule has 152 valence electrons. The molecule has 0 amide bonds. The summed E-state index contributed by atoms with van der Waals surface area (Å²) in [6.07, 6.45) is 0. The summed E-state index contributed by atoms with van der Waals surface area (Å²) >= 11 is 19.7. The second-order valence-electron chi connectivity index (χ2n) is 6.30. The zero-order valence-corrected chi connectivity index (χ0v) is 18.6. The van der Waals surface area contributed by atoms with Gasteiger partial charge in [-0.05, 0) is 48.0 Å². The van der Waals surface area contributed by atoms with E-state index in [2.05, 4.69) is 10.2 Å². The molecule has 0 unspecified atom stereocenters. The van der Waals surface area contributed by atoms with Gasteiger partial charge in [0.25, 0.3) is 5.22 Å². The van der Waals surface area contributed by atoms with Crippen molar-refractivity contribution in [3.63, 3.8) is 0 Å². The molecule has 0 bridgehead atoms. The van der Waals surface area contributed by atoms with Gasteiger partial charge in [-0.25, -0.2) is 0 Å². The minimum absolute atomic E-state index is 0.396. The summed E-state index contributed by atoms with van der Waals surface area (Å²) in [4.78, 5) is 0. The predicted molar refractivity (Wildman–Crippen MR) is 122 cm³/mol. The summed E-state index contributed by atoms with van der Waals surface area (Å²) in [6.45, 7) is 0.396. The minimum Gasteiger partial charge on any atom is -0.489 e. The van der Waals surface area contributed by atoms with Gasteiger partial charge < -0.3 is 9.15 Å². The van der Waals surface area contributed by atoms with Crippen LogP contribution in [0.2, 0.25) is 15.1 Å². The van der Waals surface area contributed by atoms with Gasteiger partial charge in [-0.1, -0.05) is 70.8 Å². The summed E-state index contributed by atoms with van der Waals surface area (Å²) in [5, 5.41) is 10.6. The fourth-order valence-corrected chi connectivity index (χ4v) is 4.15. The Kier molecular flexibility index (Phi) is 6.85. The van der Waals surface area contributed by atoms with Crippen LogP contribution in [0.25, 0.3) is 11.5 Å². The van der Waals surface area contributed by atoms with Crippen LogP contribution in [0.4, 0.5) is 0 Å². The highest BCUT2D eigenvalue weighted by Gasteiger charge is 2.11. The molecule has 0 aliphatic heterocycles. The van der Waals surface area contributed by atoms with E-state index in [1.165, 1.54) is 11.8 Å². The van der Waals surface area contributed by atoms with Gasteiger partial charge in [-0.15, -0.1) is 10.2 Å². The molecule has 0 saturated carbocycles. The van der Waals surface area contributed by atoms with Crippen LogP contribution >= 0.6 is 46.6 Å². The average Bonchev–Trinajstić information content (AvgIpc) is 3.22. The third-order valence-corrected chi connectivity index (χ3v) is 6.05. The smallest absolute Gasteiger partial charge is 0.277 e. The van der Waals surface area contributed by atoms with Crippen molar-refractivity contribution < 1.29 is 9.15 Å². The van der Waals surface area contributed by atoms with Crippen LogP contribution in [0.15, 0.2) is 76.4 Å². The standard InChI is InChI=1S/C22H15Cl3N2O2S/c23-17-8-5-16(20(25)11-17)13-30-22-27-26-21(29-22)14-6-9-18(10-7-14)28-12-15-3-1-2-4-19(15)24/h1-11H,12-13H2. The molecule has 0 saturated heterocycles. The van der Waals surface area contributed by atoms with Crippen molar-refractivity contribution in [3.05, 3.63) is 92.9 Å². The van der Waals surface area contributed by atoms with Crippen molar-refractivity contribution in [1.82, 2.24) is 10.2 Å². The first-order valence-electron chi connectivity index (χ1n) is 8.95. The van der Waals surface area contributed by atoms with Crippen LogP contribution in [0.3, 0.4) is 0 Å². The third-order valence-electron chi connectivity index (χ3n) is 4.23. The molecule has 4 nitrogen and oxygen atoms in total. The molecule has 1 heterocycles. The molecule has 0 radical (unpaired) electrons. The van der Waals surface area contributed by atoms with Crippen LogP contribution in [-0.4, -0.2) is 10.2 Å². The van der Waals surface area contributed by atoms with Crippen LogP contribution in [0.5, 0.6) is 5.75 Å². The summed E-state index contributed by atoms with van der Waals surface area (Å²) in [5.41, 5.74) is 2.69. The summed E-state index contributed by atoms with van der Waals surface area (Å²) in [7, 11) is 0. The molecule has 8 heteroatoms. The van der Waals surface area contributed by atoms with Gasteiger partial charge in [0.2, 0.25) is 5.89 Å². The van der Waals surface area contributed by atoms with Crippen molar-refractivity contribution in [1.29, 1.82) is 0 Å². The molecule has 4 aromatic rings. The monoisotopic (exact) mass is 476 g/mol. The quantitative estimate of drug-likeness (QED) is 0.257. The number of nitrogens with zero attached hydrogens (tertiary/aromatic N) is 2. The zero-order chi connectivity index (χ0) is 20.9. The molecule has 0 N–H and O–H groups in total. The fourth-order valence-electron chi connectivity index (χ4n) is 2.63. The SMILES string of the molecule is Clc1ccc(CSc2nnc(-c3ccc(OCc4ccccc4Cl)cc3)o2)c(Cl)c1. The van der Waals surface area contributed by atoms with Gasteiger partial charge >= 0.3 is 0 Å². The largest absolute Gasteiger partial charge is 0.489 e. The lowest BCUT2D eigenvalue weighted by Crippen LogP contribution is -1.95. The Morgan fingerprint density at radius 1 is 0.833 bits per heavy atom. The lowest BCUT2D eigenvalue weighted by atomic mass is 10.2. The highest BCUT2D eigenvalue weighted by Crippen LogP contribution is 2.30. The number of halogens is 3. The molecule has 0 fully saturated rings. The number of benzene rings is 3. The van der Waals surface area contributed by atoms with Crippen LogP contribution in [0.1, 0.15) is 11.1 Å². The van der Waals surface area contributed by atoms with Gasteiger partial charge in [-0.2, -0.15) is 0 Å². The van der Waals surface area contributed by atoms with Gasteiger partial charge in [0.15, 0.2) is 0 Å². The topological polar surface area (TPSA) is 48.2 Å². The Bertz CT molecular complexity index is 1150. The lowest BCUT2D eigenvalue weighted by molar-refractivity contribution is 0.306. The molecule has 4 rings (SSSR count). The third kappa shape index (κ3) is 5.29. The van der Waals surface area contributed by atoms with E-state index >= 15 is 0 Å². The van der Waals surface area contributed by atoms with E-state index in [1.807, 2.05) is 54.6 Å². The van der Waals surface area contributed by atoms with Gasteiger partial charge in [-0.3, -0.25) is 0 Å². The number of rotatable bonds is 7. The van der Waals surface area contributed by atoms with Crippen molar-refractivity contribution in [2.75, 3.05) is 0 Å². The number of aromatic nitrogens is 2. The van der Waals surface area contributed by atoms with Gasteiger partial charge in [0, 0.05) is 31.9 Å². The molecule has 3 aromatic carbocycles. The maximum Gasteiger partial charge on any atom is 0.277 e. The summed E-state index contributed by atoms with van der Waals surface area (Å²) < 4.78 is 11.6. The molecular formula is C22H15Cl3N2O2S. The average molecular weight is 478 g/mol. The number of hydrogen-bond acceptors (Lipinski definition) is 5. The second-order valence-corrected chi connectivity index (χ2v) is 8.48. The highest BCUT2D eigenvalue weighted by molar-refractivity contribution is 7.98. The molecular weight excluding hydrogens is 463 g/mol. The minimum atomic E-state index is 0.396. The first kappa shape index (κ1) is 21.1. The van der Waals surface area contributed by atoms with Crippen molar-refractivity contribution in [2.45, 2.75) is 17.6 Å². The van der Waals surface area contributed by atoms with E-state index in [1.54, 1.807) is 12.1 Å². The zero-order valence-electron chi connectivity index (χ0n) is 15.5. The lowest BCUT2D eigenvalue weighted by Gasteiger charge is -2.07.